The number of aliphatic hydroxyl groups excluding tert-OH is 1. The zero-order valence-electron chi connectivity index (χ0n) is 15.1. The van der Waals surface area contributed by atoms with Gasteiger partial charge in [0.05, 0.1) is 6.10 Å². The molecule has 0 aromatic carbocycles. The number of carbonyl (C=O) groups is 2. The molecule has 0 bridgehead atoms. The summed E-state index contributed by atoms with van der Waals surface area (Å²) in [5, 5.41) is 10.1. The van der Waals surface area contributed by atoms with Crippen molar-refractivity contribution < 1.29 is 19.4 Å². The van der Waals surface area contributed by atoms with Gasteiger partial charge in [-0.15, -0.1) is 0 Å². The maximum atomic E-state index is 11.0. The SMILES string of the molecule is CC(=O)CCC(C)CCC(O)CCC(C)CCC1CCC(=O)O1. The van der Waals surface area contributed by atoms with E-state index in [-0.39, 0.29) is 24.0 Å². The van der Waals surface area contributed by atoms with Gasteiger partial charge in [-0.05, 0) is 70.1 Å². The average Bonchev–Trinajstić information content (AvgIpc) is 2.92. The van der Waals surface area contributed by atoms with Crippen LogP contribution < -0.4 is 0 Å². The van der Waals surface area contributed by atoms with Crippen LogP contribution in [0.4, 0.5) is 0 Å². The van der Waals surface area contributed by atoms with Crippen molar-refractivity contribution in [2.24, 2.45) is 11.8 Å². The van der Waals surface area contributed by atoms with Crippen molar-refractivity contribution in [1.29, 1.82) is 0 Å². The Hall–Kier alpha value is -0.900. The molecule has 23 heavy (non-hydrogen) atoms. The molecule has 0 saturated carbocycles. The molecule has 1 N–H and O–H groups in total. The van der Waals surface area contributed by atoms with E-state index in [0.29, 0.717) is 24.7 Å². The highest BCUT2D eigenvalue weighted by Crippen LogP contribution is 2.23. The van der Waals surface area contributed by atoms with Crippen molar-refractivity contribution in [2.75, 3.05) is 0 Å². The van der Waals surface area contributed by atoms with Gasteiger partial charge in [0.2, 0.25) is 0 Å². The number of rotatable bonds is 12. The van der Waals surface area contributed by atoms with E-state index in [4.69, 9.17) is 4.74 Å². The fourth-order valence-corrected chi connectivity index (χ4v) is 3.09. The number of ketones is 1. The van der Waals surface area contributed by atoms with Gasteiger partial charge in [0.1, 0.15) is 11.9 Å². The fourth-order valence-electron chi connectivity index (χ4n) is 3.09. The highest BCUT2D eigenvalue weighted by atomic mass is 16.5. The summed E-state index contributed by atoms with van der Waals surface area (Å²) < 4.78 is 5.23. The van der Waals surface area contributed by atoms with E-state index < -0.39 is 0 Å². The first-order valence-corrected chi connectivity index (χ1v) is 9.23. The van der Waals surface area contributed by atoms with E-state index in [1.165, 1.54) is 0 Å². The molecule has 4 unspecified atom stereocenters. The van der Waals surface area contributed by atoms with Gasteiger partial charge in [0.25, 0.3) is 0 Å². The molecule has 0 aliphatic carbocycles. The number of ether oxygens (including phenoxy) is 1. The van der Waals surface area contributed by atoms with Crippen LogP contribution in [0.15, 0.2) is 0 Å². The molecule has 0 amide bonds. The molecule has 0 aromatic heterocycles. The third kappa shape index (κ3) is 9.75. The Labute approximate surface area is 141 Å². The van der Waals surface area contributed by atoms with Crippen LogP contribution in [0.25, 0.3) is 0 Å². The Morgan fingerprint density at radius 2 is 1.74 bits per heavy atom. The van der Waals surface area contributed by atoms with Crippen molar-refractivity contribution >= 4 is 11.8 Å². The van der Waals surface area contributed by atoms with E-state index in [0.717, 1.165) is 51.4 Å². The summed E-state index contributed by atoms with van der Waals surface area (Å²) in [4.78, 5) is 22.0. The lowest BCUT2D eigenvalue weighted by atomic mass is 9.92. The molecule has 1 heterocycles. The predicted octanol–water partition coefficient (Wildman–Crippen LogP) is 4.03. The topological polar surface area (TPSA) is 63.6 Å². The smallest absolute Gasteiger partial charge is 0.306 e. The first-order chi connectivity index (χ1) is 10.9. The van der Waals surface area contributed by atoms with Crippen LogP contribution in [0, 0.1) is 11.8 Å². The Morgan fingerprint density at radius 1 is 1.13 bits per heavy atom. The van der Waals surface area contributed by atoms with Crippen molar-refractivity contribution in [3.8, 4) is 0 Å². The minimum absolute atomic E-state index is 0.0584. The number of Topliss-reactive ketones (excluding diaryl/α,β-unsaturated/α-hetero) is 1. The molecule has 1 aliphatic heterocycles. The second-order valence-electron chi connectivity index (χ2n) is 7.49. The van der Waals surface area contributed by atoms with Crippen LogP contribution in [-0.2, 0) is 14.3 Å². The highest BCUT2D eigenvalue weighted by molar-refractivity contribution is 5.75. The molecule has 0 aromatic rings. The third-order valence-corrected chi connectivity index (χ3v) is 4.92. The lowest BCUT2D eigenvalue weighted by Gasteiger charge is -2.18. The molecule has 4 heteroatoms. The fraction of sp³-hybridized carbons (Fsp3) is 0.895. The molecule has 4 atom stereocenters. The van der Waals surface area contributed by atoms with Crippen LogP contribution in [0.1, 0.15) is 85.0 Å². The van der Waals surface area contributed by atoms with Gasteiger partial charge in [0, 0.05) is 12.8 Å². The van der Waals surface area contributed by atoms with Gasteiger partial charge in [-0.2, -0.15) is 0 Å². The highest BCUT2D eigenvalue weighted by Gasteiger charge is 2.23. The zero-order valence-corrected chi connectivity index (χ0v) is 15.1. The van der Waals surface area contributed by atoms with Crippen LogP contribution in [0.5, 0.6) is 0 Å². The van der Waals surface area contributed by atoms with E-state index in [1.54, 1.807) is 6.92 Å². The maximum absolute atomic E-state index is 11.0. The molecule has 0 spiro atoms. The van der Waals surface area contributed by atoms with E-state index in [1.807, 2.05) is 0 Å². The standard InChI is InChI=1S/C19H34O4/c1-14(4-8-16(3)20)5-9-17(21)10-6-15(2)7-11-18-12-13-19(22)23-18/h14-15,17-18,21H,4-13H2,1-3H3. The second-order valence-corrected chi connectivity index (χ2v) is 7.49. The summed E-state index contributed by atoms with van der Waals surface area (Å²) in [5.74, 6) is 1.25. The van der Waals surface area contributed by atoms with E-state index in [2.05, 4.69) is 13.8 Å². The summed E-state index contributed by atoms with van der Waals surface area (Å²) in [6, 6.07) is 0. The lowest BCUT2D eigenvalue weighted by molar-refractivity contribution is -0.141. The number of carbonyl (C=O) groups excluding carboxylic acids is 2. The van der Waals surface area contributed by atoms with Gasteiger partial charge in [0.15, 0.2) is 0 Å². The molecule has 134 valence electrons. The summed E-state index contributed by atoms with van der Waals surface area (Å²) in [7, 11) is 0. The van der Waals surface area contributed by atoms with Gasteiger partial charge in [-0.3, -0.25) is 4.79 Å². The first kappa shape index (κ1) is 20.1. The number of hydrogen-bond acceptors (Lipinski definition) is 4. The lowest BCUT2D eigenvalue weighted by Crippen LogP contribution is -2.13. The number of cyclic esters (lactones) is 1. The number of aliphatic hydroxyl groups is 1. The Morgan fingerprint density at radius 3 is 2.26 bits per heavy atom. The van der Waals surface area contributed by atoms with Crippen LogP contribution in [0.3, 0.4) is 0 Å². The minimum atomic E-state index is -0.235. The van der Waals surface area contributed by atoms with Crippen molar-refractivity contribution in [3.63, 3.8) is 0 Å². The number of hydrogen-bond donors (Lipinski definition) is 1. The van der Waals surface area contributed by atoms with Gasteiger partial charge >= 0.3 is 5.97 Å². The Bertz CT molecular complexity index is 366. The summed E-state index contributed by atoms with van der Waals surface area (Å²) in [5.41, 5.74) is 0. The van der Waals surface area contributed by atoms with Crippen LogP contribution in [0.2, 0.25) is 0 Å². The molecule has 1 saturated heterocycles. The predicted molar refractivity (Wildman–Crippen MR) is 91.1 cm³/mol. The quantitative estimate of drug-likeness (QED) is 0.550. The summed E-state index contributed by atoms with van der Waals surface area (Å²) in [6.07, 6.45) is 8.58. The van der Waals surface area contributed by atoms with Crippen molar-refractivity contribution in [3.05, 3.63) is 0 Å². The van der Waals surface area contributed by atoms with Gasteiger partial charge in [-0.25, -0.2) is 0 Å². The molecular formula is C19H34O4. The number of esters is 1. The maximum Gasteiger partial charge on any atom is 0.306 e. The van der Waals surface area contributed by atoms with Gasteiger partial charge in [-0.1, -0.05) is 13.8 Å². The molecule has 4 nitrogen and oxygen atoms in total. The molecule has 0 radical (unpaired) electrons. The van der Waals surface area contributed by atoms with Crippen molar-refractivity contribution in [1.82, 2.24) is 0 Å². The van der Waals surface area contributed by atoms with Crippen LogP contribution >= 0.6 is 0 Å². The average molecular weight is 326 g/mol. The van der Waals surface area contributed by atoms with Crippen LogP contribution in [-0.4, -0.2) is 29.1 Å². The van der Waals surface area contributed by atoms with Gasteiger partial charge < -0.3 is 14.6 Å². The Balaban J connectivity index is 2.04. The first-order valence-electron chi connectivity index (χ1n) is 9.23. The summed E-state index contributed by atoms with van der Waals surface area (Å²) in [6.45, 7) is 6.00. The minimum Gasteiger partial charge on any atom is -0.462 e. The molecule has 1 aliphatic rings. The van der Waals surface area contributed by atoms with E-state index >= 15 is 0 Å². The zero-order chi connectivity index (χ0) is 17.2. The molecule has 1 rings (SSSR count). The molecule has 1 fully saturated rings. The van der Waals surface area contributed by atoms with E-state index in [9.17, 15) is 14.7 Å². The normalized spacial score (nSPS) is 21.7. The summed E-state index contributed by atoms with van der Waals surface area (Å²) >= 11 is 0. The largest absolute Gasteiger partial charge is 0.462 e. The molecular weight excluding hydrogens is 292 g/mol. The van der Waals surface area contributed by atoms with Crippen molar-refractivity contribution in [2.45, 2.75) is 97.2 Å². The Kier molecular flexibility index (Phi) is 9.46. The monoisotopic (exact) mass is 326 g/mol. The second kappa shape index (κ2) is 10.8. The third-order valence-electron chi connectivity index (χ3n) is 4.92.